The molecule has 0 unspecified atom stereocenters. The van der Waals surface area contributed by atoms with Crippen LogP contribution < -0.4 is 9.64 Å². The van der Waals surface area contributed by atoms with E-state index in [1.165, 1.54) is 4.90 Å². The van der Waals surface area contributed by atoms with Crippen molar-refractivity contribution in [3.05, 3.63) is 24.3 Å². The van der Waals surface area contributed by atoms with Crippen molar-refractivity contribution in [2.24, 2.45) is 23.7 Å². The number of fused-ring (bicyclic) bond motifs is 5. The summed E-state index contributed by atoms with van der Waals surface area (Å²) in [6, 6.07) is 6.74. The first-order valence-electron chi connectivity index (χ1n) is 7.42. The fraction of sp³-hybridized carbons (Fsp3) is 0.500. The van der Waals surface area contributed by atoms with Gasteiger partial charge in [-0.1, -0.05) is 0 Å². The second-order valence-corrected chi connectivity index (χ2v) is 6.31. The lowest BCUT2D eigenvalue weighted by Gasteiger charge is -2.29. The molecule has 2 bridgehead atoms. The van der Waals surface area contributed by atoms with Gasteiger partial charge in [0.1, 0.15) is 5.75 Å². The first kappa shape index (κ1) is 13.7. The average molecular weight is 303 g/mol. The first-order valence-corrected chi connectivity index (χ1v) is 7.42. The summed E-state index contributed by atoms with van der Waals surface area (Å²) in [6.07, 6.45) is -1.26. The van der Waals surface area contributed by atoms with Gasteiger partial charge >= 0.3 is 0 Å². The van der Waals surface area contributed by atoms with Gasteiger partial charge in [-0.05, 0) is 30.7 Å². The molecule has 1 aliphatic heterocycles. The monoisotopic (exact) mass is 303 g/mol. The number of anilines is 1. The van der Waals surface area contributed by atoms with E-state index in [-0.39, 0.29) is 23.7 Å². The van der Waals surface area contributed by atoms with E-state index in [1.807, 2.05) is 0 Å². The Balaban J connectivity index is 1.69. The molecule has 2 N–H and O–H groups in total. The quantitative estimate of drug-likeness (QED) is 0.761. The van der Waals surface area contributed by atoms with Crippen molar-refractivity contribution in [1.82, 2.24) is 0 Å². The molecular weight excluding hydrogens is 286 g/mol. The van der Waals surface area contributed by atoms with Crippen molar-refractivity contribution in [1.29, 1.82) is 0 Å². The van der Waals surface area contributed by atoms with Crippen LogP contribution in [0.15, 0.2) is 24.3 Å². The van der Waals surface area contributed by atoms with Gasteiger partial charge in [-0.3, -0.25) is 14.5 Å². The number of carbonyl (C=O) groups is 2. The Bertz CT molecular complexity index is 610. The smallest absolute Gasteiger partial charge is 0.238 e. The lowest BCUT2D eigenvalue weighted by atomic mass is 9.78. The van der Waals surface area contributed by atoms with E-state index in [9.17, 15) is 19.8 Å². The molecule has 2 amide bonds. The summed E-state index contributed by atoms with van der Waals surface area (Å²) in [6.45, 7) is 0. The number of aliphatic hydroxyl groups is 2. The molecule has 2 saturated carbocycles. The van der Waals surface area contributed by atoms with E-state index in [0.29, 0.717) is 17.9 Å². The van der Waals surface area contributed by atoms with Gasteiger partial charge in [0.25, 0.3) is 0 Å². The summed E-state index contributed by atoms with van der Waals surface area (Å²) in [4.78, 5) is 26.5. The number of nitrogens with zero attached hydrogens (tertiary/aromatic N) is 1. The minimum absolute atomic E-state index is 0.265. The van der Waals surface area contributed by atoms with E-state index in [1.54, 1.807) is 31.4 Å². The Kier molecular flexibility index (Phi) is 2.83. The minimum Gasteiger partial charge on any atom is -0.497 e. The topological polar surface area (TPSA) is 87.1 Å². The third-order valence-corrected chi connectivity index (χ3v) is 5.42. The fourth-order valence-electron chi connectivity index (χ4n) is 4.42. The van der Waals surface area contributed by atoms with Crippen LogP contribution in [0.4, 0.5) is 5.69 Å². The second kappa shape index (κ2) is 4.54. The van der Waals surface area contributed by atoms with Crippen molar-refractivity contribution in [2.45, 2.75) is 18.6 Å². The third kappa shape index (κ3) is 1.56. The van der Waals surface area contributed by atoms with Crippen molar-refractivity contribution in [3.8, 4) is 5.75 Å². The van der Waals surface area contributed by atoms with Crippen molar-refractivity contribution >= 4 is 17.5 Å². The number of benzene rings is 1. The summed E-state index contributed by atoms with van der Waals surface area (Å²) in [7, 11) is 1.55. The highest BCUT2D eigenvalue weighted by atomic mass is 16.5. The van der Waals surface area contributed by atoms with Gasteiger partial charge in [-0.15, -0.1) is 0 Å². The molecular formula is C16H17NO5. The van der Waals surface area contributed by atoms with Gasteiger partial charge in [0.05, 0.1) is 36.8 Å². The highest BCUT2D eigenvalue weighted by Gasteiger charge is 2.67. The van der Waals surface area contributed by atoms with Crippen molar-refractivity contribution in [3.63, 3.8) is 0 Å². The zero-order valence-electron chi connectivity index (χ0n) is 12.0. The van der Waals surface area contributed by atoms with Gasteiger partial charge in [0.15, 0.2) is 0 Å². The predicted molar refractivity (Wildman–Crippen MR) is 76.1 cm³/mol. The number of hydrogen-bond donors (Lipinski definition) is 2. The maximum atomic E-state index is 12.7. The molecule has 6 atom stereocenters. The lowest BCUT2D eigenvalue weighted by Crippen LogP contribution is -2.43. The Labute approximate surface area is 127 Å². The zero-order chi connectivity index (χ0) is 15.6. The van der Waals surface area contributed by atoms with Crippen LogP contribution in [0.3, 0.4) is 0 Å². The fourth-order valence-corrected chi connectivity index (χ4v) is 4.42. The van der Waals surface area contributed by atoms with Crippen LogP contribution in [0.5, 0.6) is 5.75 Å². The maximum absolute atomic E-state index is 12.7. The molecule has 0 spiro atoms. The van der Waals surface area contributed by atoms with E-state index in [2.05, 4.69) is 0 Å². The van der Waals surface area contributed by atoms with E-state index in [0.717, 1.165) is 0 Å². The van der Waals surface area contributed by atoms with Crippen molar-refractivity contribution < 1.29 is 24.5 Å². The van der Waals surface area contributed by atoms with Crippen LogP contribution in [0, 0.1) is 23.7 Å². The Hall–Kier alpha value is -1.92. The van der Waals surface area contributed by atoms with Crippen LogP contribution in [-0.2, 0) is 9.59 Å². The van der Waals surface area contributed by atoms with Crippen LogP contribution in [0.1, 0.15) is 6.42 Å². The number of ether oxygens (including phenoxy) is 1. The van der Waals surface area contributed by atoms with Gasteiger partial charge in [0, 0.05) is 11.8 Å². The number of aliphatic hydroxyl groups excluding tert-OH is 2. The largest absolute Gasteiger partial charge is 0.497 e. The molecule has 3 fully saturated rings. The van der Waals surface area contributed by atoms with Crippen LogP contribution >= 0.6 is 0 Å². The predicted octanol–water partition coefficient (Wildman–Crippen LogP) is 0.172. The molecule has 1 saturated heterocycles. The molecule has 6 heteroatoms. The molecule has 6 nitrogen and oxygen atoms in total. The summed E-state index contributed by atoms with van der Waals surface area (Å²) < 4.78 is 5.08. The highest BCUT2D eigenvalue weighted by molar-refractivity contribution is 6.22. The number of rotatable bonds is 2. The normalized spacial score (nSPS) is 39.5. The number of methoxy groups -OCH3 is 1. The van der Waals surface area contributed by atoms with Crippen LogP contribution in [0.25, 0.3) is 0 Å². The SMILES string of the molecule is COc1ccc(N2C(=O)[C@H]3[C@@H]4C[C@@H]([C@H](O)[C@H]4O)[C@@H]3C2=O)cc1. The first-order chi connectivity index (χ1) is 10.5. The van der Waals surface area contributed by atoms with E-state index >= 15 is 0 Å². The average Bonchev–Trinajstić information content (AvgIpc) is 3.13. The second-order valence-electron chi connectivity index (χ2n) is 6.31. The highest BCUT2D eigenvalue weighted by Crippen LogP contribution is 2.56. The molecule has 0 radical (unpaired) electrons. The molecule has 1 heterocycles. The number of carbonyl (C=O) groups excluding carboxylic acids is 2. The maximum Gasteiger partial charge on any atom is 0.238 e. The van der Waals surface area contributed by atoms with Gasteiger partial charge in [-0.25, -0.2) is 0 Å². The van der Waals surface area contributed by atoms with Crippen LogP contribution in [0.2, 0.25) is 0 Å². The molecule has 1 aromatic rings. The van der Waals surface area contributed by atoms with Crippen molar-refractivity contribution in [2.75, 3.05) is 12.0 Å². The third-order valence-electron chi connectivity index (χ3n) is 5.42. The van der Waals surface area contributed by atoms with Gasteiger partial charge < -0.3 is 14.9 Å². The van der Waals surface area contributed by atoms with Crippen LogP contribution in [-0.4, -0.2) is 41.3 Å². The van der Waals surface area contributed by atoms with Gasteiger partial charge in [0.2, 0.25) is 11.8 Å². The lowest BCUT2D eigenvalue weighted by molar-refractivity contribution is -0.129. The zero-order valence-corrected chi connectivity index (χ0v) is 12.0. The summed E-state index contributed by atoms with van der Waals surface area (Å²) in [5.41, 5.74) is 0.508. The van der Waals surface area contributed by atoms with E-state index < -0.39 is 24.0 Å². The molecule has 3 aliphatic rings. The van der Waals surface area contributed by atoms with Gasteiger partial charge in [-0.2, -0.15) is 0 Å². The minimum atomic E-state index is -0.904. The Morgan fingerprint density at radius 1 is 1.00 bits per heavy atom. The standard InChI is InChI=1S/C16H17NO5/c1-22-8-4-2-7(3-5-8)17-15(20)11-9-6-10(12(11)16(17)21)14(19)13(9)18/h2-5,9-14,18-19H,6H2,1H3/t9-,10+,11-,12-,13-,14-/m0/s1. The van der Waals surface area contributed by atoms with E-state index in [4.69, 9.17) is 4.74 Å². The Morgan fingerprint density at radius 3 is 1.95 bits per heavy atom. The summed E-state index contributed by atoms with van der Waals surface area (Å²) in [5, 5.41) is 20.0. The molecule has 2 aliphatic carbocycles. The number of amides is 2. The molecule has 0 aromatic heterocycles. The summed E-state index contributed by atoms with van der Waals surface area (Å²) >= 11 is 0. The molecule has 116 valence electrons. The number of imide groups is 1. The Morgan fingerprint density at radius 2 is 1.50 bits per heavy atom. The molecule has 22 heavy (non-hydrogen) atoms. The number of hydrogen-bond acceptors (Lipinski definition) is 5. The molecule has 1 aromatic carbocycles. The molecule has 4 rings (SSSR count). The summed E-state index contributed by atoms with van der Waals surface area (Å²) in [5.74, 6) is -1.52.